The highest BCUT2D eigenvalue weighted by molar-refractivity contribution is 5.41. The van der Waals surface area contributed by atoms with Gasteiger partial charge in [-0.25, -0.2) is 0 Å². The average Bonchev–Trinajstić information content (AvgIpc) is 2.82. The smallest absolute Gasteiger partial charge is 0.0873 e. The number of hydrogen-bond acceptors (Lipinski definition) is 3. The molecule has 3 rings (SSSR count). The van der Waals surface area contributed by atoms with Gasteiger partial charge in [0.1, 0.15) is 0 Å². The van der Waals surface area contributed by atoms with Crippen LogP contribution in [0.3, 0.4) is 0 Å². The molecule has 1 aliphatic carbocycles. The lowest BCUT2D eigenvalue weighted by molar-refractivity contribution is 0.143. The number of benzene rings is 1. The molecule has 1 aromatic carbocycles. The second kappa shape index (κ2) is 4.42. The lowest BCUT2D eigenvalue weighted by Gasteiger charge is -2.18. The fourth-order valence-corrected chi connectivity index (χ4v) is 2.68. The van der Waals surface area contributed by atoms with Gasteiger partial charge in [-0.15, -0.1) is 0 Å². The molecule has 0 fully saturated rings. The number of nitrogen functional groups attached to an aromatic ring is 1. The van der Waals surface area contributed by atoms with Gasteiger partial charge in [-0.2, -0.15) is 0 Å². The molecule has 1 heterocycles. The van der Waals surface area contributed by atoms with E-state index in [2.05, 4.69) is 11.1 Å². The monoisotopic (exact) mass is 240 g/mol. The minimum Gasteiger partial charge on any atom is -0.399 e. The van der Waals surface area contributed by atoms with Crippen LogP contribution >= 0.6 is 0 Å². The summed E-state index contributed by atoms with van der Waals surface area (Å²) >= 11 is 0. The molecule has 2 atom stereocenters. The predicted molar refractivity (Wildman–Crippen MR) is 71.1 cm³/mol. The summed E-state index contributed by atoms with van der Waals surface area (Å²) in [5.74, 6) is 0.102. The molecule has 0 saturated carbocycles. The van der Waals surface area contributed by atoms with Gasteiger partial charge in [0.2, 0.25) is 0 Å². The van der Waals surface area contributed by atoms with Gasteiger partial charge in [-0.3, -0.25) is 4.98 Å². The minimum atomic E-state index is -0.498. The average molecular weight is 240 g/mol. The van der Waals surface area contributed by atoms with Crippen molar-refractivity contribution in [3.63, 3.8) is 0 Å². The molecule has 1 aliphatic rings. The quantitative estimate of drug-likeness (QED) is 0.792. The van der Waals surface area contributed by atoms with E-state index < -0.39 is 6.10 Å². The largest absolute Gasteiger partial charge is 0.399 e. The Morgan fingerprint density at radius 1 is 1.22 bits per heavy atom. The van der Waals surface area contributed by atoms with E-state index in [1.54, 1.807) is 6.20 Å². The number of pyridine rings is 1. The van der Waals surface area contributed by atoms with Crippen molar-refractivity contribution in [2.24, 2.45) is 0 Å². The standard InChI is InChI=1S/C15H16N2O/c16-12-6-3-11(4-7-12)15(18)13-8-5-10-2-1-9-17-14(10)13/h1-4,6-7,9,13,15,18H,5,8,16H2. The second-order valence-corrected chi connectivity index (χ2v) is 4.80. The van der Waals surface area contributed by atoms with Gasteiger partial charge >= 0.3 is 0 Å². The summed E-state index contributed by atoms with van der Waals surface area (Å²) in [5.41, 5.74) is 9.60. The van der Waals surface area contributed by atoms with E-state index in [0.717, 1.165) is 29.8 Å². The molecule has 0 bridgehead atoms. The minimum absolute atomic E-state index is 0.102. The first kappa shape index (κ1) is 11.2. The topological polar surface area (TPSA) is 59.1 Å². The molecule has 3 N–H and O–H groups in total. The molecule has 0 aliphatic heterocycles. The number of fused-ring (bicyclic) bond motifs is 1. The maximum Gasteiger partial charge on any atom is 0.0873 e. The van der Waals surface area contributed by atoms with Crippen molar-refractivity contribution in [2.75, 3.05) is 5.73 Å². The van der Waals surface area contributed by atoms with Crippen molar-refractivity contribution in [2.45, 2.75) is 24.9 Å². The maximum absolute atomic E-state index is 10.5. The SMILES string of the molecule is Nc1ccc(C(O)C2CCc3cccnc32)cc1. The first-order valence-corrected chi connectivity index (χ1v) is 6.23. The Kier molecular flexibility index (Phi) is 2.76. The van der Waals surface area contributed by atoms with E-state index in [4.69, 9.17) is 5.73 Å². The molecule has 0 spiro atoms. The highest BCUT2D eigenvalue weighted by atomic mass is 16.3. The van der Waals surface area contributed by atoms with Gasteiger partial charge in [0.15, 0.2) is 0 Å². The third-order valence-corrected chi connectivity index (χ3v) is 3.66. The van der Waals surface area contributed by atoms with Gasteiger partial charge < -0.3 is 10.8 Å². The molecule has 18 heavy (non-hydrogen) atoms. The van der Waals surface area contributed by atoms with Crippen LogP contribution in [0.5, 0.6) is 0 Å². The van der Waals surface area contributed by atoms with Crippen molar-refractivity contribution in [3.05, 3.63) is 59.4 Å². The third kappa shape index (κ3) is 1.87. The van der Waals surface area contributed by atoms with Crippen LogP contribution in [0.15, 0.2) is 42.6 Å². The number of hydrogen-bond donors (Lipinski definition) is 2. The Bertz CT molecular complexity index is 551. The Balaban J connectivity index is 1.90. The fourth-order valence-electron chi connectivity index (χ4n) is 2.68. The van der Waals surface area contributed by atoms with Crippen LogP contribution in [0.2, 0.25) is 0 Å². The zero-order valence-corrected chi connectivity index (χ0v) is 10.1. The van der Waals surface area contributed by atoms with E-state index in [-0.39, 0.29) is 5.92 Å². The molecular formula is C15H16N2O. The summed E-state index contributed by atoms with van der Waals surface area (Å²) in [6.45, 7) is 0. The van der Waals surface area contributed by atoms with Crippen LogP contribution in [0.25, 0.3) is 0 Å². The number of aromatic nitrogens is 1. The first-order valence-electron chi connectivity index (χ1n) is 6.23. The Hall–Kier alpha value is -1.87. The molecule has 0 amide bonds. The molecule has 0 radical (unpaired) electrons. The normalized spacial score (nSPS) is 19.5. The summed E-state index contributed by atoms with van der Waals surface area (Å²) in [5, 5.41) is 10.5. The number of rotatable bonds is 2. The van der Waals surface area contributed by atoms with Crippen molar-refractivity contribution in [1.29, 1.82) is 0 Å². The number of aliphatic hydroxyl groups is 1. The molecular weight excluding hydrogens is 224 g/mol. The maximum atomic E-state index is 10.5. The molecule has 92 valence electrons. The zero-order chi connectivity index (χ0) is 12.5. The van der Waals surface area contributed by atoms with E-state index in [1.165, 1.54) is 5.56 Å². The highest BCUT2D eigenvalue weighted by Gasteiger charge is 2.30. The number of nitrogens with zero attached hydrogens (tertiary/aromatic N) is 1. The molecule has 2 unspecified atom stereocenters. The summed E-state index contributed by atoms with van der Waals surface area (Å²) < 4.78 is 0. The highest BCUT2D eigenvalue weighted by Crippen LogP contribution is 2.40. The van der Waals surface area contributed by atoms with Gasteiger partial charge in [0, 0.05) is 23.5 Å². The summed E-state index contributed by atoms with van der Waals surface area (Å²) in [4.78, 5) is 4.42. The summed E-state index contributed by atoms with van der Waals surface area (Å²) in [6.07, 6.45) is 3.26. The molecule has 3 heteroatoms. The molecule has 2 aromatic rings. The third-order valence-electron chi connectivity index (χ3n) is 3.66. The summed E-state index contributed by atoms with van der Waals surface area (Å²) in [6, 6.07) is 11.5. The van der Waals surface area contributed by atoms with Crippen molar-refractivity contribution in [3.8, 4) is 0 Å². The number of nitrogens with two attached hydrogens (primary N) is 1. The molecule has 0 saturated heterocycles. The molecule has 3 nitrogen and oxygen atoms in total. The fraction of sp³-hybridized carbons (Fsp3) is 0.267. The van der Waals surface area contributed by atoms with Crippen LogP contribution in [0.4, 0.5) is 5.69 Å². The van der Waals surface area contributed by atoms with E-state index >= 15 is 0 Å². The Morgan fingerprint density at radius 3 is 2.78 bits per heavy atom. The molecule has 1 aromatic heterocycles. The van der Waals surface area contributed by atoms with Gasteiger partial charge in [0.25, 0.3) is 0 Å². The lowest BCUT2D eigenvalue weighted by Crippen LogP contribution is -2.09. The van der Waals surface area contributed by atoms with Crippen LogP contribution in [-0.4, -0.2) is 10.1 Å². The number of aliphatic hydroxyl groups excluding tert-OH is 1. The predicted octanol–water partition coefficient (Wildman–Crippen LogP) is 2.43. The van der Waals surface area contributed by atoms with Crippen LogP contribution < -0.4 is 5.73 Å². The van der Waals surface area contributed by atoms with Gasteiger partial charge in [-0.1, -0.05) is 18.2 Å². The van der Waals surface area contributed by atoms with Crippen LogP contribution in [0, 0.1) is 0 Å². The van der Waals surface area contributed by atoms with Crippen molar-refractivity contribution in [1.82, 2.24) is 4.98 Å². The lowest BCUT2D eigenvalue weighted by atomic mass is 9.93. The number of anilines is 1. The van der Waals surface area contributed by atoms with Crippen LogP contribution in [-0.2, 0) is 6.42 Å². The first-order chi connectivity index (χ1) is 8.75. The van der Waals surface area contributed by atoms with E-state index in [1.807, 2.05) is 30.3 Å². The summed E-state index contributed by atoms with van der Waals surface area (Å²) in [7, 11) is 0. The van der Waals surface area contributed by atoms with E-state index in [0.29, 0.717) is 0 Å². The Labute approximate surface area is 106 Å². The number of aryl methyl sites for hydroxylation is 1. The van der Waals surface area contributed by atoms with Crippen molar-refractivity contribution >= 4 is 5.69 Å². The van der Waals surface area contributed by atoms with Crippen LogP contribution in [0.1, 0.15) is 35.3 Å². The Morgan fingerprint density at radius 2 is 2.00 bits per heavy atom. The van der Waals surface area contributed by atoms with E-state index in [9.17, 15) is 5.11 Å². The second-order valence-electron chi connectivity index (χ2n) is 4.80. The van der Waals surface area contributed by atoms with Crippen molar-refractivity contribution < 1.29 is 5.11 Å². The zero-order valence-electron chi connectivity index (χ0n) is 10.1. The van der Waals surface area contributed by atoms with Gasteiger partial charge in [-0.05, 0) is 42.2 Å². The van der Waals surface area contributed by atoms with Gasteiger partial charge in [0.05, 0.1) is 6.10 Å².